The third kappa shape index (κ3) is 6.11. The van der Waals surface area contributed by atoms with Crippen molar-refractivity contribution in [2.45, 2.75) is 0 Å². The standard InChI is InChI=1S/C21H25N3O5/c1-26-18-5-3-4-17(13-18)23-21(25)15-29-19-7-6-16(12-20(19)27-2)14-22-24-8-10-28-11-9-24/h3-7,12-14H,8-11,15H2,1-2H3,(H,23,25)/b22-14+. The highest BCUT2D eigenvalue weighted by Crippen LogP contribution is 2.27. The van der Waals surface area contributed by atoms with Crippen molar-refractivity contribution < 1.29 is 23.7 Å². The topological polar surface area (TPSA) is 81.6 Å². The number of morpholine rings is 1. The molecule has 2 aromatic rings. The van der Waals surface area contributed by atoms with E-state index in [0.29, 0.717) is 36.1 Å². The molecule has 0 aliphatic carbocycles. The Morgan fingerprint density at radius 1 is 1.14 bits per heavy atom. The summed E-state index contributed by atoms with van der Waals surface area (Å²) in [5.74, 6) is 1.40. The maximum atomic E-state index is 12.2. The number of amides is 1. The lowest BCUT2D eigenvalue weighted by atomic mass is 10.2. The highest BCUT2D eigenvalue weighted by Gasteiger charge is 2.10. The molecular weight excluding hydrogens is 374 g/mol. The molecule has 1 aliphatic heterocycles. The molecule has 1 aliphatic rings. The molecule has 2 aromatic carbocycles. The molecule has 0 bridgehead atoms. The molecule has 8 heteroatoms. The second kappa shape index (κ2) is 10.3. The highest BCUT2D eigenvalue weighted by atomic mass is 16.5. The van der Waals surface area contributed by atoms with Crippen molar-refractivity contribution in [3.63, 3.8) is 0 Å². The lowest BCUT2D eigenvalue weighted by molar-refractivity contribution is -0.118. The van der Waals surface area contributed by atoms with E-state index in [1.807, 2.05) is 17.1 Å². The third-order valence-corrected chi connectivity index (χ3v) is 4.26. The molecular formula is C21H25N3O5. The molecule has 8 nitrogen and oxygen atoms in total. The summed E-state index contributed by atoms with van der Waals surface area (Å²) in [5, 5.41) is 9.18. The summed E-state index contributed by atoms with van der Waals surface area (Å²) in [6, 6.07) is 12.6. The van der Waals surface area contributed by atoms with Crippen molar-refractivity contribution in [1.82, 2.24) is 5.01 Å². The van der Waals surface area contributed by atoms with Crippen LogP contribution < -0.4 is 19.5 Å². The van der Waals surface area contributed by atoms with Gasteiger partial charge in [0.2, 0.25) is 0 Å². The van der Waals surface area contributed by atoms with Gasteiger partial charge in [0.05, 0.1) is 46.7 Å². The summed E-state index contributed by atoms with van der Waals surface area (Å²) >= 11 is 0. The number of nitrogens with zero attached hydrogens (tertiary/aromatic N) is 2. The van der Waals surface area contributed by atoms with Crippen LogP contribution >= 0.6 is 0 Å². The number of carbonyl (C=O) groups excluding carboxylic acids is 1. The number of hydrogen-bond acceptors (Lipinski definition) is 7. The molecule has 1 heterocycles. The first kappa shape index (κ1) is 20.5. The number of hydrogen-bond donors (Lipinski definition) is 1. The minimum atomic E-state index is -0.279. The zero-order valence-corrected chi connectivity index (χ0v) is 16.6. The van der Waals surface area contributed by atoms with E-state index >= 15 is 0 Å². The van der Waals surface area contributed by atoms with Gasteiger partial charge in [-0.05, 0) is 35.9 Å². The van der Waals surface area contributed by atoms with Crippen molar-refractivity contribution >= 4 is 17.8 Å². The number of benzene rings is 2. The normalized spacial score (nSPS) is 13.9. The Hall–Kier alpha value is -3.26. The van der Waals surface area contributed by atoms with Gasteiger partial charge in [-0.2, -0.15) is 5.10 Å². The molecule has 3 rings (SSSR count). The molecule has 0 saturated carbocycles. The Morgan fingerprint density at radius 2 is 1.97 bits per heavy atom. The van der Waals surface area contributed by atoms with Gasteiger partial charge in [-0.25, -0.2) is 0 Å². The fourth-order valence-electron chi connectivity index (χ4n) is 2.74. The number of anilines is 1. The van der Waals surface area contributed by atoms with Crippen LogP contribution in [0.1, 0.15) is 5.56 Å². The van der Waals surface area contributed by atoms with Gasteiger partial charge in [0.15, 0.2) is 18.1 Å². The van der Waals surface area contributed by atoms with Gasteiger partial charge in [-0.15, -0.1) is 0 Å². The Kier molecular flexibility index (Phi) is 7.29. The van der Waals surface area contributed by atoms with E-state index in [1.165, 1.54) is 0 Å². The molecule has 1 fully saturated rings. The molecule has 0 aromatic heterocycles. The molecule has 1 saturated heterocycles. The SMILES string of the molecule is COc1cccc(NC(=O)COc2ccc(/C=N/N3CCOCC3)cc2OC)c1. The number of methoxy groups -OCH3 is 2. The van der Waals surface area contributed by atoms with Crippen LogP contribution in [0.25, 0.3) is 0 Å². The molecule has 0 spiro atoms. The van der Waals surface area contributed by atoms with Crippen LogP contribution in [-0.4, -0.2) is 64.3 Å². The van der Waals surface area contributed by atoms with Gasteiger partial charge >= 0.3 is 0 Å². The molecule has 1 amide bonds. The molecule has 0 atom stereocenters. The van der Waals surface area contributed by atoms with Crippen LogP contribution in [0.2, 0.25) is 0 Å². The van der Waals surface area contributed by atoms with Crippen LogP contribution in [0.15, 0.2) is 47.6 Å². The first-order chi connectivity index (χ1) is 14.2. The van der Waals surface area contributed by atoms with E-state index in [-0.39, 0.29) is 12.5 Å². The predicted molar refractivity (Wildman–Crippen MR) is 110 cm³/mol. The van der Waals surface area contributed by atoms with Gasteiger partial charge in [0.1, 0.15) is 5.75 Å². The fourth-order valence-corrected chi connectivity index (χ4v) is 2.74. The van der Waals surface area contributed by atoms with Crippen LogP contribution in [0.3, 0.4) is 0 Å². The Labute approximate surface area is 170 Å². The van der Waals surface area contributed by atoms with Crippen LogP contribution in [-0.2, 0) is 9.53 Å². The first-order valence-electron chi connectivity index (χ1n) is 9.29. The summed E-state index contributed by atoms with van der Waals surface area (Å²) in [5.41, 5.74) is 1.51. The van der Waals surface area contributed by atoms with E-state index in [2.05, 4.69) is 10.4 Å². The zero-order valence-electron chi connectivity index (χ0n) is 16.6. The highest BCUT2D eigenvalue weighted by molar-refractivity contribution is 5.92. The predicted octanol–water partition coefficient (Wildman–Crippen LogP) is 2.39. The largest absolute Gasteiger partial charge is 0.497 e. The van der Waals surface area contributed by atoms with E-state index in [1.54, 1.807) is 50.8 Å². The maximum absolute atomic E-state index is 12.2. The van der Waals surface area contributed by atoms with Crippen LogP contribution in [0.4, 0.5) is 5.69 Å². The molecule has 29 heavy (non-hydrogen) atoms. The lowest BCUT2D eigenvalue weighted by Crippen LogP contribution is -2.32. The quantitative estimate of drug-likeness (QED) is 0.687. The van der Waals surface area contributed by atoms with Gasteiger partial charge in [-0.3, -0.25) is 9.80 Å². The smallest absolute Gasteiger partial charge is 0.262 e. The van der Waals surface area contributed by atoms with Crippen LogP contribution in [0, 0.1) is 0 Å². The van der Waals surface area contributed by atoms with E-state index in [0.717, 1.165) is 18.7 Å². The minimum absolute atomic E-state index is 0.144. The third-order valence-electron chi connectivity index (χ3n) is 4.26. The fraction of sp³-hybridized carbons (Fsp3) is 0.333. The molecule has 1 N–H and O–H groups in total. The van der Waals surface area contributed by atoms with E-state index in [4.69, 9.17) is 18.9 Å². The molecule has 154 valence electrons. The maximum Gasteiger partial charge on any atom is 0.262 e. The second-order valence-electron chi connectivity index (χ2n) is 6.29. The average Bonchev–Trinajstić information content (AvgIpc) is 2.77. The van der Waals surface area contributed by atoms with Crippen molar-refractivity contribution in [1.29, 1.82) is 0 Å². The van der Waals surface area contributed by atoms with E-state index < -0.39 is 0 Å². The minimum Gasteiger partial charge on any atom is -0.497 e. The van der Waals surface area contributed by atoms with E-state index in [9.17, 15) is 4.79 Å². The first-order valence-corrected chi connectivity index (χ1v) is 9.29. The van der Waals surface area contributed by atoms with Crippen LogP contribution in [0.5, 0.6) is 17.2 Å². The number of rotatable bonds is 8. The van der Waals surface area contributed by atoms with Crippen molar-refractivity contribution in [3.8, 4) is 17.2 Å². The number of hydrazone groups is 1. The number of carbonyl (C=O) groups is 1. The van der Waals surface area contributed by atoms with Gasteiger partial charge < -0.3 is 24.3 Å². The Balaban J connectivity index is 1.57. The number of nitrogens with one attached hydrogen (secondary N) is 1. The van der Waals surface area contributed by atoms with Crippen molar-refractivity contribution in [2.75, 3.05) is 52.4 Å². The number of ether oxygens (including phenoxy) is 4. The summed E-state index contributed by atoms with van der Waals surface area (Å²) in [4.78, 5) is 12.2. The Bertz CT molecular complexity index is 850. The summed E-state index contributed by atoms with van der Waals surface area (Å²) in [6.45, 7) is 2.78. The van der Waals surface area contributed by atoms with Crippen molar-refractivity contribution in [2.24, 2.45) is 5.10 Å². The van der Waals surface area contributed by atoms with Gasteiger partial charge in [0, 0.05) is 11.8 Å². The monoisotopic (exact) mass is 399 g/mol. The van der Waals surface area contributed by atoms with Gasteiger partial charge in [0.25, 0.3) is 5.91 Å². The van der Waals surface area contributed by atoms with Gasteiger partial charge in [-0.1, -0.05) is 6.07 Å². The van der Waals surface area contributed by atoms with Crippen molar-refractivity contribution in [3.05, 3.63) is 48.0 Å². The zero-order chi connectivity index (χ0) is 20.5. The summed E-state index contributed by atoms with van der Waals surface area (Å²) in [7, 11) is 3.13. The lowest BCUT2D eigenvalue weighted by Gasteiger charge is -2.23. The summed E-state index contributed by atoms with van der Waals surface area (Å²) in [6.07, 6.45) is 1.77. The molecule has 0 unspecified atom stereocenters. The summed E-state index contributed by atoms with van der Waals surface area (Å²) < 4.78 is 21.5. The average molecular weight is 399 g/mol. The second-order valence-corrected chi connectivity index (χ2v) is 6.29. The Morgan fingerprint density at radius 3 is 2.72 bits per heavy atom. The molecule has 0 radical (unpaired) electrons.